The van der Waals surface area contributed by atoms with Gasteiger partial charge in [-0.3, -0.25) is 9.78 Å². The van der Waals surface area contributed by atoms with Gasteiger partial charge in [0.2, 0.25) is 0 Å². The molecule has 0 aliphatic carbocycles. The standard InChI is InChI=1S/C19H22N4O2/c24-18(15-4-9-20-10-5-15)23-13-19(14-23)16(7-12-25-19)6-11-22-17-3-1-2-8-21-17/h1-5,8-10,16H,6-7,11-14H2,(H,21,22)/t16-/m1/s1. The quantitative estimate of drug-likeness (QED) is 0.905. The molecule has 2 aromatic heterocycles. The lowest BCUT2D eigenvalue weighted by atomic mass is 9.78. The fourth-order valence-electron chi connectivity index (χ4n) is 3.80. The van der Waals surface area contributed by atoms with E-state index in [0.717, 1.165) is 31.8 Å². The van der Waals surface area contributed by atoms with Crippen molar-refractivity contribution in [2.45, 2.75) is 18.4 Å². The van der Waals surface area contributed by atoms with Crippen molar-refractivity contribution in [3.8, 4) is 0 Å². The summed E-state index contributed by atoms with van der Waals surface area (Å²) in [5.74, 6) is 1.44. The van der Waals surface area contributed by atoms with E-state index in [0.29, 0.717) is 24.6 Å². The number of hydrogen-bond acceptors (Lipinski definition) is 5. The summed E-state index contributed by atoms with van der Waals surface area (Å²) in [4.78, 5) is 22.6. The van der Waals surface area contributed by atoms with Gasteiger partial charge in [-0.15, -0.1) is 0 Å². The first kappa shape index (κ1) is 16.0. The number of aromatic nitrogens is 2. The van der Waals surface area contributed by atoms with E-state index in [9.17, 15) is 4.79 Å². The third-order valence-corrected chi connectivity index (χ3v) is 5.20. The van der Waals surface area contributed by atoms with Gasteiger partial charge in [0.1, 0.15) is 11.4 Å². The summed E-state index contributed by atoms with van der Waals surface area (Å²) in [7, 11) is 0. The predicted octanol–water partition coefficient (Wildman–Crippen LogP) is 2.21. The largest absolute Gasteiger partial charge is 0.371 e. The van der Waals surface area contributed by atoms with Crippen molar-refractivity contribution in [1.29, 1.82) is 0 Å². The third-order valence-electron chi connectivity index (χ3n) is 5.20. The molecule has 0 saturated carbocycles. The van der Waals surface area contributed by atoms with Crippen LogP contribution >= 0.6 is 0 Å². The van der Waals surface area contributed by atoms with E-state index in [1.54, 1.807) is 30.7 Å². The van der Waals surface area contributed by atoms with Crippen molar-refractivity contribution >= 4 is 11.7 Å². The van der Waals surface area contributed by atoms with Gasteiger partial charge in [-0.05, 0) is 43.0 Å². The van der Waals surface area contributed by atoms with E-state index in [-0.39, 0.29) is 11.5 Å². The molecule has 2 saturated heterocycles. The molecule has 0 bridgehead atoms. The first-order valence-corrected chi connectivity index (χ1v) is 8.75. The molecule has 6 heteroatoms. The second-order valence-electron chi connectivity index (χ2n) is 6.73. The van der Waals surface area contributed by atoms with Crippen LogP contribution in [0.1, 0.15) is 23.2 Å². The number of nitrogens with one attached hydrogen (secondary N) is 1. The Hall–Kier alpha value is -2.47. The SMILES string of the molecule is O=C(c1ccncc1)N1CC2(C1)OCC[C@H]2CCNc1ccccn1. The van der Waals surface area contributed by atoms with Crippen molar-refractivity contribution in [1.82, 2.24) is 14.9 Å². The minimum absolute atomic E-state index is 0.0638. The fraction of sp³-hybridized carbons (Fsp3) is 0.421. The van der Waals surface area contributed by atoms with Gasteiger partial charge in [0.25, 0.3) is 5.91 Å². The molecule has 2 fully saturated rings. The summed E-state index contributed by atoms with van der Waals surface area (Å²) in [5, 5.41) is 3.36. The number of hydrogen-bond donors (Lipinski definition) is 1. The first-order valence-electron chi connectivity index (χ1n) is 8.75. The van der Waals surface area contributed by atoms with E-state index in [1.807, 2.05) is 23.1 Å². The molecule has 2 aliphatic heterocycles. The second-order valence-corrected chi connectivity index (χ2v) is 6.73. The molecule has 0 unspecified atom stereocenters. The van der Waals surface area contributed by atoms with Crippen molar-refractivity contribution in [2.24, 2.45) is 5.92 Å². The highest BCUT2D eigenvalue weighted by Gasteiger charge is 2.54. The molecular weight excluding hydrogens is 316 g/mol. The van der Waals surface area contributed by atoms with E-state index in [2.05, 4.69) is 15.3 Å². The molecule has 1 spiro atoms. The second kappa shape index (κ2) is 6.80. The Morgan fingerprint density at radius 1 is 1.24 bits per heavy atom. The first-order chi connectivity index (χ1) is 12.3. The number of anilines is 1. The van der Waals surface area contributed by atoms with E-state index >= 15 is 0 Å². The normalized spacial score (nSPS) is 21.1. The Labute approximate surface area is 147 Å². The Bertz CT molecular complexity index is 717. The molecule has 0 aromatic carbocycles. The fourth-order valence-corrected chi connectivity index (χ4v) is 3.80. The highest BCUT2D eigenvalue weighted by Crippen LogP contribution is 2.42. The molecule has 2 aromatic rings. The smallest absolute Gasteiger partial charge is 0.254 e. The summed E-state index contributed by atoms with van der Waals surface area (Å²) in [5.41, 5.74) is 0.533. The molecule has 130 valence electrons. The van der Waals surface area contributed by atoms with Crippen LogP contribution in [0.25, 0.3) is 0 Å². The lowest BCUT2D eigenvalue weighted by Crippen LogP contribution is -2.66. The van der Waals surface area contributed by atoms with Crippen LogP contribution in [-0.2, 0) is 4.74 Å². The van der Waals surface area contributed by atoms with Crippen molar-refractivity contribution in [3.63, 3.8) is 0 Å². The summed E-state index contributed by atoms with van der Waals surface area (Å²) >= 11 is 0. The van der Waals surface area contributed by atoms with Crippen LogP contribution in [0, 0.1) is 5.92 Å². The van der Waals surface area contributed by atoms with E-state index in [4.69, 9.17) is 4.74 Å². The average molecular weight is 338 g/mol. The average Bonchev–Trinajstić information content (AvgIpc) is 3.05. The minimum Gasteiger partial charge on any atom is -0.371 e. The number of pyridine rings is 2. The maximum Gasteiger partial charge on any atom is 0.254 e. The van der Waals surface area contributed by atoms with Crippen LogP contribution in [0.15, 0.2) is 48.9 Å². The Morgan fingerprint density at radius 2 is 2.08 bits per heavy atom. The van der Waals surface area contributed by atoms with Crippen LogP contribution in [0.3, 0.4) is 0 Å². The Morgan fingerprint density at radius 3 is 2.84 bits per heavy atom. The lowest BCUT2D eigenvalue weighted by molar-refractivity contribution is -0.117. The highest BCUT2D eigenvalue weighted by molar-refractivity contribution is 5.94. The summed E-state index contributed by atoms with van der Waals surface area (Å²) in [6.45, 7) is 3.02. The molecule has 25 heavy (non-hydrogen) atoms. The van der Waals surface area contributed by atoms with Crippen molar-refractivity contribution < 1.29 is 9.53 Å². The summed E-state index contributed by atoms with van der Waals surface area (Å²) in [6.07, 6.45) is 7.17. The molecular formula is C19H22N4O2. The topological polar surface area (TPSA) is 67.4 Å². The van der Waals surface area contributed by atoms with Gasteiger partial charge in [0.15, 0.2) is 0 Å². The van der Waals surface area contributed by atoms with Gasteiger partial charge < -0.3 is 15.0 Å². The number of likely N-dealkylation sites (tertiary alicyclic amines) is 1. The van der Waals surface area contributed by atoms with Crippen molar-refractivity contribution in [2.75, 3.05) is 31.6 Å². The van der Waals surface area contributed by atoms with Crippen LogP contribution in [0.4, 0.5) is 5.82 Å². The van der Waals surface area contributed by atoms with Gasteiger partial charge >= 0.3 is 0 Å². The molecule has 1 atom stereocenters. The highest BCUT2D eigenvalue weighted by atomic mass is 16.5. The maximum atomic E-state index is 12.5. The Balaban J connectivity index is 1.31. The molecule has 4 rings (SSSR count). The Kier molecular flexibility index (Phi) is 4.36. The van der Waals surface area contributed by atoms with Crippen LogP contribution in [-0.4, -0.2) is 52.6 Å². The predicted molar refractivity (Wildman–Crippen MR) is 94.3 cm³/mol. The lowest BCUT2D eigenvalue weighted by Gasteiger charge is -2.50. The number of nitrogens with zero attached hydrogens (tertiary/aromatic N) is 3. The van der Waals surface area contributed by atoms with E-state index < -0.39 is 0 Å². The number of amides is 1. The van der Waals surface area contributed by atoms with Crippen LogP contribution < -0.4 is 5.32 Å². The van der Waals surface area contributed by atoms with Crippen LogP contribution in [0.2, 0.25) is 0 Å². The number of carbonyl (C=O) groups is 1. The zero-order valence-corrected chi connectivity index (χ0v) is 14.1. The molecule has 1 amide bonds. The maximum absolute atomic E-state index is 12.5. The van der Waals surface area contributed by atoms with Gasteiger partial charge in [0, 0.05) is 37.3 Å². The molecule has 2 aliphatic rings. The molecule has 0 radical (unpaired) electrons. The minimum atomic E-state index is -0.158. The molecule has 6 nitrogen and oxygen atoms in total. The van der Waals surface area contributed by atoms with E-state index in [1.165, 1.54) is 0 Å². The monoisotopic (exact) mass is 338 g/mol. The summed E-state index contributed by atoms with van der Waals surface area (Å²) in [6, 6.07) is 9.38. The van der Waals surface area contributed by atoms with Gasteiger partial charge in [-0.2, -0.15) is 0 Å². The number of ether oxygens (including phenoxy) is 1. The van der Waals surface area contributed by atoms with Gasteiger partial charge in [-0.1, -0.05) is 6.07 Å². The van der Waals surface area contributed by atoms with Gasteiger partial charge in [0.05, 0.1) is 13.1 Å². The van der Waals surface area contributed by atoms with Gasteiger partial charge in [-0.25, -0.2) is 4.98 Å². The third kappa shape index (κ3) is 3.22. The van der Waals surface area contributed by atoms with Crippen LogP contribution in [0.5, 0.6) is 0 Å². The van der Waals surface area contributed by atoms with Crippen molar-refractivity contribution in [3.05, 3.63) is 54.5 Å². The number of rotatable bonds is 5. The zero-order valence-electron chi connectivity index (χ0n) is 14.1. The summed E-state index contributed by atoms with van der Waals surface area (Å²) < 4.78 is 6.06. The molecule has 1 N–H and O–H groups in total. The number of carbonyl (C=O) groups excluding carboxylic acids is 1. The molecule has 4 heterocycles. The zero-order chi connectivity index (χ0) is 17.1.